The zero-order valence-electron chi connectivity index (χ0n) is 18.8. The minimum atomic E-state index is 0.00531. The van der Waals surface area contributed by atoms with E-state index in [0.29, 0.717) is 24.3 Å². The lowest BCUT2D eigenvalue weighted by Gasteiger charge is -2.35. The van der Waals surface area contributed by atoms with E-state index < -0.39 is 0 Å². The lowest BCUT2D eigenvalue weighted by molar-refractivity contribution is 0.0747. The number of aromatic nitrogens is 4. The largest absolute Gasteiger partial charge is 0.353 e. The number of amides is 1. The molecule has 0 saturated carbocycles. The number of aryl methyl sites for hydroxylation is 2. The Morgan fingerprint density at radius 2 is 1.52 bits per heavy atom. The maximum absolute atomic E-state index is 13.6. The van der Waals surface area contributed by atoms with Crippen LogP contribution in [0.2, 0.25) is 0 Å². The van der Waals surface area contributed by atoms with Gasteiger partial charge >= 0.3 is 0 Å². The van der Waals surface area contributed by atoms with E-state index in [-0.39, 0.29) is 5.91 Å². The molecule has 7 heteroatoms. The van der Waals surface area contributed by atoms with Crippen molar-refractivity contribution < 1.29 is 4.79 Å². The molecule has 1 aliphatic rings. The summed E-state index contributed by atoms with van der Waals surface area (Å²) in [7, 11) is 0. The maximum atomic E-state index is 13.6. The molecule has 0 radical (unpaired) electrons. The van der Waals surface area contributed by atoms with Crippen LogP contribution in [0.15, 0.2) is 72.9 Å². The standard InChI is InChI=1S/C26H26N6O/c1-19-17-24(28-20(2)27-19)30-13-15-31(16-14-30)26(33)23-18-32(22-11-7-4-8-12-22)29-25(23)21-9-5-3-6-10-21/h3-12,17-18H,13-16H2,1-2H3. The van der Waals surface area contributed by atoms with Crippen molar-refractivity contribution >= 4 is 11.7 Å². The Labute approximate surface area is 193 Å². The van der Waals surface area contributed by atoms with E-state index in [9.17, 15) is 4.79 Å². The van der Waals surface area contributed by atoms with Crippen molar-refractivity contribution in [2.45, 2.75) is 13.8 Å². The molecule has 1 aliphatic heterocycles. The third-order valence-electron chi connectivity index (χ3n) is 5.86. The van der Waals surface area contributed by atoms with Gasteiger partial charge in [-0.1, -0.05) is 48.5 Å². The quantitative estimate of drug-likeness (QED) is 0.483. The SMILES string of the molecule is Cc1cc(N2CCN(C(=O)c3cn(-c4ccccc4)nc3-c3ccccc3)CC2)nc(C)n1. The Balaban J connectivity index is 1.41. The molecule has 7 nitrogen and oxygen atoms in total. The van der Waals surface area contributed by atoms with Crippen molar-refractivity contribution in [1.29, 1.82) is 0 Å². The summed E-state index contributed by atoms with van der Waals surface area (Å²) >= 11 is 0. The minimum Gasteiger partial charge on any atom is -0.353 e. The van der Waals surface area contributed by atoms with Crippen molar-refractivity contribution in [2.75, 3.05) is 31.1 Å². The molecule has 4 aromatic rings. The van der Waals surface area contributed by atoms with Gasteiger partial charge in [-0.2, -0.15) is 5.10 Å². The Kier molecular flexibility index (Phi) is 5.60. The molecule has 0 N–H and O–H groups in total. The summed E-state index contributed by atoms with van der Waals surface area (Å²) in [5.41, 5.74) is 4.13. The second kappa shape index (κ2) is 8.86. The van der Waals surface area contributed by atoms with E-state index in [1.807, 2.05) is 91.7 Å². The normalized spacial score (nSPS) is 13.9. The van der Waals surface area contributed by atoms with Crippen molar-refractivity contribution in [2.24, 2.45) is 0 Å². The topological polar surface area (TPSA) is 67.2 Å². The molecule has 2 aromatic carbocycles. The smallest absolute Gasteiger partial charge is 0.257 e. The first kappa shape index (κ1) is 20.9. The Morgan fingerprint density at radius 3 is 2.18 bits per heavy atom. The molecule has 0 aliphatic carbocycles. The van der Waals surface area contributed by atoms with Crippen LogP contribution in [0.4, 0.5) is 5.82 Å². The summed E-state index contributed by atoms with van der Waals surface area (Å²) in [5.74, 6) is 1.70. The third-order valence-corrected chi connectivity index (χ3v) is 5.86. The third kappa shape index (κ3) is 4.35. The van der Waals surface area contributed by atoms with Crippen molar-refractivity contribution in [1.82, 2.24) is 24.6 Å². The number of benzene rings is 2. The van der Waals surface area contributed by atoms with Gasteiger partial charge in [-0.25, -0.2) is 14.6 Å². The highest BCUT2D eigenvalue weighted by Gasteiger charge is 2.27. The lowest BCUT2D eigenvalue weighted by Crippen LogP contribution is -2.49. The second-order valence-electron chi connectivity index (χ2n) is 8.23. The van der Waals surface area contributed by atoms with Crippen molar-refractivity contribution in [3.63, 3.8) is 0 Å². The molecular formula is C26H26N6O. The zero-order valence-corrected chi connectivity index (χ0v) is 18.8. The monoisotopic (exact) mass is 438 g/mol. The highest BCUT2D eigenvalue weighted by Crippen LogP contribution is 2.26. The van der Waals surface area contributed by atoms with Crippen molar-refractivity contribution in [3.05, 3.63) is 90.0 Å². The van der Waals surface area contributed by atoms with Crippen LogP contribution in [0.1, 0.15) is 21.9 Å². The maximum Gasteiger partial charge on any atom is 0.257 e. The molecule has 0 atom stereocenters. The van der Waals surface area contributed by atoms with Crippen LogP contribution < -0.4 is 4.90 Å². The molecule has 3 heterocycles. The fraction of sp³-hybridized carbons (Fsp3) is 0.231. The average molecular weight is 439 g/mol. The number of carbonyl (C=O) groups excluding carboxylic acids is 1. The fourth-order valence-corrected chi connectivity index (χ4v) is 4.22. The first-order valence-corrected chi connectivity index (χ1v) is 11.2. The van der Waals surface area contributed by atoms with Gasteiger partial charge in [0.05, 0.1) is 11.3 Å². The number of hydrogen-bond acceptors (Lipinski definition) is 5. The predicted octanol–water partition coefficient (Wildman–Crippen LogP) is 3.91. The first-order valence-electron chi connectivity index (χ1n) is 11.2. The molecular weight excluding hydrogens is 412 g/mol. The molecule has 1 fully saturated rings. The van der Waals surface area contributed by atoms with E-state index in [2.05, 4.69) is 14.9 Å². The van der Waals surface area contributed by atoms with Gasteiger partial charge in [-0.15, -0.1) is 0 Å². The van der Waals surface area contributed by atoms with Gasteiger partial charge in [-0.3, -0.25) is 4.79 Å². The number of piperazine rings is 1. The molecule has 166 valence electrons. The number of anilines is 1. The molecule has 0 unspecified atom stereocenters. The first-order chi connectivity index (χ1) is 16.1. The highest BCUT2D eigenvalue weighted by molar-refractivity contribution is 6.00. The molecule has 5 rings (SSSR count). The van der Waals surface area contributed by atoms with Crippen molar-refractivity contribution in [3.8, 4) is 16.9 Å². The minimum absolute atomic E-state index is 0.00531. The van der Waals surface area contributed by atoms with Crippen LogP contribution in [-0.4, -0.2) is 56.7 Å². The summed E-state index contributed by atoms with van der Waals surface area (Å²) in [6.07, 6.45) is 1.85. The number of rotatable bonds is 4. The predicted molar refractivity (Wildman–Crippen MR) is 129 cm³/mol. The van der Waals surface area contributed by atoms with Crippen LogP contribution in [0, 0.1) is 13.8 Å². The average Bonchev–Trinajstić information content (AvgIpc) is 3.30. The zero-order chi connectivity index (χ0) is 22.8. The lowest BCUT2D eigenvalue weighted by atomic mass is 10.1. The van der Waals surface area contributed by atoms with Gasteiger partial charge < -0.3 is 9.80 Å². The fourth-order valence-electron chi connectivity index (χ4n) is 4.22. The van der Waals surface area contributed by atoms with Gasteiger partial charge in [0.15, 0.2) is 0 Å². The molecule has 2 aromatic heterocycles. The van der Waals surface area contributed by atoms with Gasteiger partial charge in [0, 0.05) is 49.7 Å². The Morgan fingerprint density at radius 1 is 0.848 bits per heavy atom. The van der Waals surface area contributed by atoms with Crippen LogP contribution in [0.5, 0.6) is 0 Å². The van der Waals surface area contributed by atoms with Crippen LogP contribution in [0.3, 0.4) is 0 Å². The summed E-state index contributed by atoms with van der Waals surface area (Å²) < 4.78 is 1.79. The number of nitrogens with zero attached hydrogens (tertiary/aromatic N) is 6. The molecule has 0 spiro atoms. The Hall–Kier alpha value is -4.00. The van der Waals surface area contributed by atoms with E-state index in [1.165, 1.54) is 0 Å². The second-order valence-corrected chi connectivity index (χ2v) is 8.23. The molecule has 1 saturated heterocycles. The Bertz CT molecular complexity index is 1240. The number of para-hydroxylation sites is 1. The van der Waals surface area contributed by atoms with E-state index in [4.69, 9.17) is 5.10 Å². The molecule has 33 heavy (non-hydrogen) atoms. The van der Waals surface area contributed by atoms with E-state index in [1.54, 1.807) is 4.68 Å². The summed E-state index contributed by atoms with van der Waals surface area (Å²) in [6, 6.07) is 21.8. The van der Waals surface area contributed by atoms with Crippen LogP contribution >= 0.6 is 0 Å². The molecule has 1 amide bonds. The summed E-state index contributed by atoms with van der Waals surface area (Å²) in [4.78, 5) is 26.7. The van der Waals surface area contributed by atoms with Gasteiger partial charge in [0.1, 0.15) is 17.3 Å². The molecule has 0 bridgehead atoms. The van der Waals surface area contributed by atoms with Gasteiger partial charge in [0.25, 0.3) is 5.91 Å². The van der Waals surface area contributed by atoms with Crippen LogP contribution in [0.25, 0.3) is 16.9 Å². The highest BCUT2D eigenvalue weighted by atomic mass is 16.2. The van der Waals surface area contributed by atoms with Gasteiger partial charge in [-0.05, 0) is 26.0 Å². The number of hydrogen-bond donors (Lipinski definition) is 0. The van der Waals surface area contributed by atoms with E-state index >= 15 is 0 Å². The summed E-state index contributed by atoms with van der Waals surface area (Å²) in [5, 5.41) is 4.79. The number of carbonyl (C=O) groups is 1. The van der Waals surface area contributed by atoms with Gasteiger partial charge in [0.2, 0.25) is 0 Å². The van der Waals surface area contributed by atoms with Crippen LogP contribution in [-0.2, 0) is 0 Å². The summed E-state index contributed by atoms with van der Waals surface area (Å²) in [6.45, 7) is 6.61. The van der Waals surface area contributed by atoms with E-state index in [0.717, 1.165) is 41.7 Å².